The van der Waals surface area contributed by atoms with Crippen LogP contribution in [0.4, 0.5) is 0 Å². The van der Waals surface area contributed by atoms with Gasteiger partial charge in [0.2, 0.25) is 0 Å². The van der Waals surface area contributed by atoms with Crippen LogP contribution in [-0.2, 0) is 4.74 Å². The third-order valence-corrected chi connectivity index (χ3v) is 5.35. The van der Waals surface area contributed by atoms with Crippen LogP contribution in [0.1, 0.15) is 26.7 Å². The zero-order valence-electron chi connectivity index (χ0n) is 10.4. The quantitative estimate of drug-likeness (QED) is 0.726. The molecular formula is C13H23NO2. The molecule has 3 nitrogen and oxygen atoms in total. The number of rotatable bonds is 1. The van der Waals surface area contributed by atoms with Gasteiger partial charge in [-0.05, 0) is 30.1 Å². The Labute approximate surface area is 97.8 Å². The molecule has 4 aliphatic rings. The smallest absolute Gasteiger partial charge is 0.0701 e. The summed E-state index contributed by atoms with van der Waals surface area (Å²) in [5, 5.41) is 10.3. The predicted molar refractivity (Wildman–Crippen MR) is 62.2 cm³/mol. The zero-order valence-corrected chi connectivity index (χ0v) is 10.4. The first-order valence-corrected chi connectivity index (χ1v) is 6.60. The highest BCUT2D eigenvalue weighted by molar-refractivity contribution is 5.09. The van der Waals surface area contributed by atoms with Gasteiger partial charge in [0, 0.05) is 19.1 Å². The molecule has 4 fully saturated rings. The normalized spacial score (nSPS) is 47.4. The van der Waals surface area contributed by atoms with E-state index in [0.717, 1.165) is 38.6 Å². The second-order valence-electron chi connectivity index (χ2n) is 6.30. The lowest BCUT2D eigenvalue weighted by atomic mass is 9.46. The van der Waals surface area contributed by atoms with Crippen molar-refractivity contribution in [2.45, 2.75) is 38.8 Å². The Morgan fingerprint density at radius 1 is 1.19 bits per heavy atom. The standard InChI is InChI=1S/C13H23NO2/c1-13(2)9-7-10(13)12(11(15)8-9)14-3-5-16-6-4-14/h9-12,15H,3-8H2,1-2H3/t9?,10?,11-,12?/m1/s1. The summed E-state index contributed by atoms with van der Waals surface area (Å²) >= 11 is 0. The van der Waals surface area contributed by atoms with E-state index in [2.05, 4.69) is 18.7 Å². The Bertz CT molecular complexity index is 273. The number of hydrogen-bond acceptors (Lipinski definition) is 3. The maximum absolute atomic E-state index is 10.3. The summed E-state index contributed by atoms with van der Waals surface area (Å²) < 4.78 is 5.40. The van der Waals surface area contributed by atoms with E-state index in [-0.39, 0.29) is 6.10 Å². The Kier molecular flexibility index (Phi) is 2.54. The molecule has 3 saturated carbocycles. The summed E-state index contributed by atoms with van der Waals surface area (Å²) in [4.78, 5) is 2.47. The van der Waals surface area contributed by atoms with Crippen molar-refractivity contribution in [1.82, 2.24) is 4.90 Å². The van der Waals surface area contributed by atoms with Crippen molar-refractivity contribution in [2.75, 3.05) is 26.3 Å². The van der Waals surface area contributed by atoms with Crippen LogP contribution in [0, 0.1) is 17.3 Å². The first-order valence-electron chi connectivity index (χ1n) is 6.60. The van der Waals surface area contributed by atoms with Gasteiger partial charge < -0.3 is 9.84 Å². The third kappa shape index (κ3) is 1.45. The number of aliphatic hydroxyl groups is 1. The van der Waals surface area contributed by atoms with E-state index in [0.29, 0.717) is 17.4 Å². The lowest BCUT2D eigenvalue weighted by Crippen LogP contribution is -2.66. The molecule has 1 N–H and O–H groups in total. The molecule has 16 heavy (non-hydrogen) atoms. The maximum atomic E-state index is 10.3. The van der Waals surface area contributed by atoms with Gasteiger partial charge in [-0.2, -0.15) is 0 Å². The SMILES string of the molecule is CC1(C)C2CC1C(N1CCOCC1)[C@H](O)C2. The fraction of sp³-hybridized carbons (Fsp3) is 1.00. The van der Waals surface area contributed by atoms with Crippen molar-refractivity contribution in [3.05, 3.63) is 0 Å². The van der Waals surface area contributed by atoms with Crippen LogP contribution in [0.25, 0.3) is 0 Å². The fourth-order valence-electron chi connectivity index (χ4n) is 4.11. The molecule has 3 aliphatic carbocycles. The summed E-state index contributed by atoms with van der Waals surface area (Å²) in [6.07, 6.45) is 2.23. The molecule has 1 aliphatic heterocycles. The van der Waals surface area contributed by atoms with Gasteiger partial charge in [0.25, 0.3) is 0 Å². The Morgan fingerprint density at radius 3 is 2.50 bits per heavy atom. The summed E-state index contributed by atoms with van der Waals surface area (Å²) in [6.45, 7) is 8.42. The van der Waals surface area contributed by atoms with Gasteiger partial charge in [-0.3, -0.25) is 4.90 Å². The van der Waals surface area contributed by atoms with Gasteiger partial charge in [0.05, 0.1) is 19.3 Å². The van der Waals surface area contributed by atoms with E-state index in [1.807, 2.05) is 0 Å². The number of hydrogen-bond donors (Lipinski definition) is 1. The Morgan fingerprint density at radius 2 is 1.88 bits per heavy atom. The lowest BCUT2D eigenvalue weighted by Gasteiger charge is -2.63. The molecule has 4 rings (SSSR count). The second kappa shape index (κ2) is 3.69. The molecule has 3 unspecified atom stereocenters. The van der Waals surface area contributed by atoms with E-state index < -0.39 is 0 Å². The molecular weight excluding hydrogens is 202 g/mol. The van der Waals surface area contributed by atoms with E-state index in [1.165, 1.54) is 6.42 Å². The molecule has 2 bridgehead atoms. The number of aliphatic hydroxyl groups excluding tert-OH is 1. The van der Waals surface area contributed by atoms with Crippen LogP contribution in [-0.4, -0.2) is 48.5 Å². The highest BCUT2D eigenvalue weighted by atomic mass is 16.5. The molecule has 1 saturated heterocycles. The summed E-state index contributed by atoms with van der Waals surface area (Å²) in [6, 6.07) is 0.392. The van der Waals surface area contributed by atoms with Gasteiger partial charge in [-0.1, -0.05) is 13.8 Å². The van der Waals surface area contributed by atoms with Crippen molar-refractivity contribution in [1.29, 1.82) is 0 Å². The number of nitrogens with zero attached hydrogens (tertiary/aromatic N) is 1. The molecule has 4 atom stereocenters. The second-order valence-corrected chi connectivity index (χ2v) is 6.30. The summed E-state index contributed by atoms with van der Waals surface area (Å²) in [7, 11) is 0. The van der Waals surface area contributed by atoms with Gasteiger partial charge in [0.1, 0.15) is 0 Å². The van der Waals surface area contributed by atoms with Crippen LogP contribution in [0.5, 0.6) is 0 Å². The average molecular weight is 225 g/mol. The monoisotopic (exact) mass is 225 g/mol. The van der Waals surface area contributed by atoms with E-state index in [4.69, 9.17) is 4.74 Å². The third-order valence-electron chi connectivity index (χ3n) is 5.35. The highest BCUT2D eigenvalue weighted by Crippen LogP contribution is 2.60. The minimum atomic E-state index is -0.102. The molecule has 1 heterocycles. The van der Waals surface area contributed by atoms with Crippen molar-refractivity contribution in [3.63, 3.8) is 0 Å². The van der Waals surface area contributed by atoms with Gasteiger partial charge >= 0.3 is 0 Å². The van der Waals surface area contributed by atoms with Crippen molar-refractivity contribution < 1.29 is 9.84 Å². The van der Waals surface area contributed by atoms with Crippen molar-refractivity contribution in [3.8, 4) is 0 Å². The molecule has 0 amide bonds. The van der Waals surface area contributed by atoms with Crippen molar-refractivity contribution >= 4 is 0 Å². The van der Waals surface area contributed by atoms with Gasteiger partial charge in [0.15, 0.2) is 0 Å². The number of ether oxygens (including phenoxy) is 1. The Balaban J connectivity index is 1.76. The predicted octanol–water partition coefficient (Wildman–Crippen LogP) is 1.11. The molecule has 0 aromatic rings. The molecule has 92 valence electrons. The highest BCUT2D eigenvalue weighted by Gasteiger charge is 2.58. The summed E-state index contributed by atoms with van der Waals surface area (Å²) in [5.74, 6) is 1.45. The average Bonchev–Trinajstić information content (AvgIpc) is 2.29. The van der Waals surface area contributed by atoms with E-state index >= 15 is 0 Å². The van der Waals surface area contributed by atoms with Crippen molar-refractivity contribution in [2.24, 2.45) is 17.3 Å². The molecule has 0 aromatic carbocycles. The largest absolute Gasteiger partial charge is 0.391 e. The zero-order chi connectivity index (χ0) is 11.3. The van der Waals surface area contributed by atoms with Crippen LogP contribution in [0.15, 0.2) is 0 Å². The number of fused-ring (bicyclic) bond motifs is 2. The molecule has 0 radical (unpaired) electrons. The van der Waals surface area contributed by atoms with Crippen LogP contribution in [0.3, 0.4) is 0 Å². The van der Waals surface area contributed by atoms with Crippen LogP contribution >= 0.6 is 0 Å². The van der Waals surface area contributed by atoms with E-state index in [9.17, 15) is 5.11 Å². The minimum absolute atomic E-state index is 0.102. The van der Waals surface area contributed by atoms with Crippen LogP contribution in [0.2, 0.25) is 0 Å². The first-order chi connectivity index (χ1) is 7.60. The Hall–Kier alpha value is -0.120. The molecule has 0 spiro atoms. The first kappa shape index (κ1) is 11.0. The maximum Gasteiger partial charge on any atom is 0.0701 e. The van der Waals surface area contributed by atoms with Gasteiger partial charge in [-0.15, -0.1) is 0 Å². The fourth-order valence-corrected chi connectivity index (χ4v) is 4.11. The topological polar surface area (TPSA) is 32.7 Å². The van der Waals surface area contributed by atoms with Gasteiger partial charge in [-0.25, -0.2) is 0 Å². The lowest BCUT2D eigenvalue weighted by molar-refractivity contribution is -0.180. The molecule has 3 heteroatoms. The van der Waals surface area contributed by atoms with E-state index in [1.54, 1.807) is 0 Å². The summed E-state index contributed by atoms with van der Waals surface area (Å²) in [5.41, 5.74) is 0.447. The number of morpholine rings is 1. The van der Waals surface area contributed by atoms with Crippen LogP contribution < -0.4 is 0 Å². The minimum Gasteiger partial charge on any atom is -0.391 e. The molecule has 0 aromatic heterocycles.